The number of Topliss-reactive ketones (excluding diaryl/α,β-unsaturated/α-hetero) is 1. The van der Waals surface area contributed by atoms with Gasteiger partial charge in [0, 0.05) is 19.4 Å². The predicted octanol–water partition coefficient (Wildman–Crippen LogP) is 1.06. The van der Waals surface area contributed by atoms with E-state index in [0.717, 1.165) is 6.42 Å². The molecule has 0 rings (SSSR count). The van der Waals surface area contributed by atoms with Crippen LogP contribution in [-0.4, -0.2) is 31.4 Å². The van der Waals surface area contributed by atoms with E-state index in [-0.39, 0.29) is 11.7 Å². The van der Waals surface area contributed by atoms with Gasteiger partial charge in [0.1, 0.15) is 5.78 Å². The highest BCUT2D eigenvalue weighted by atomic mass is 16.5. The van der Waals surface area contributed by atoms with Gasteiger partial charge < -0.3 is 10.1 Å². The zero-order valence-corrected chi connectivity index (χ0v) is 9.25. The Bertz CT molecular complexity index is 214. The second-order valence-electron chi connectivity index (χ2n) is 3.24. The maximum atomic E-state index is 11.1. The summed E-state index contributed by atoms with van der Waals surface area (Å²) in [5, 5.41) is 2.64. The van der Waals surface area contributed by atoms with Crippen LogP contribution in [0.3, 0.4) is 0 Å². The Morgan fingerprint density at radius 1 is 1.33 bits per heavy atom. The second-order valence-corrected chi connectivity index (χ2v) is 3.24. The third-order valence-corrected chi connectivity index (χ3v) is 1.74. The van der Waals surface area contributed by atoms with Crippen LogP contribution in [0.15, 0.2) is 12.7 Å². The number of amides is 1. The lowest BCUT2D eigenvalue weighted by Crippen LogP contribution is -2.26. The number of rotatable bonds is 9. The van der Waals surface area contributed by atoms with Crippen molar-refractivity contribution in [2.45, 2.75) is 26.2 Å². The molecule has 86 valence electrons. The number of ketones is 1. The third kappa shape index (κ3) is 10.8. The summed E-state index contributed by atoms with van der Waals surface area (Å²) in [6.07, 6.45) is 3.30. The topological polar surface area (TPSA) is 55.4 Å². The Morgan fingerprint density at radius 3 is 2.67 bits per heavy atom. The van der Waals surface area contributed by atoms with E-state index in [0.29, 0.717) is 32.6 Å². The molecular formula is C11H19NO3. The highest BCUT2D eigenvalue weighted by Crippen LogP contribution is 1.87. The molecule has 4 heteroatoms. The molecule has 1 amide bonds. The fourth-order valence-corrected chi connectivity index (χ4v) is 0.900. The first-order valence-electron chi connectivity index (χ1n) is 5.11. The number of ether oxygens (including phenoxy) is 1. The molecule has 0 spiro atoms. The highest BCUT2D eigenvalue weighted by molar-refractivity contribution is 5.78. The molecule has 0 unspecified atom stereocenters. The minimum atomic E-state index is -0.0742. The summed E-state index contributed by atoms with van der Waals surface area (Å²) in [6.45, 7) is 6.50. The van der Waals surface area contributed by atoms with Crippen LogP contribution in [0.1, 0.15) is 26.2 Å². The fourth-order valence-electron chi connectivity index (χ4n) is 0.900. The van der Waals surface area contributed by atoms with Gasteiger partial charge in [-0.3, -0.25) is 9.59 Å². The summed E-state index contributed by atoms with van der Waals surface area (Å²) < 4.78 is 5.17. The largest absolute Gasteiger partial charge is 0.381 e. The van der Waals surface area contributed by atoms with Crippen molar-refractivity contribution in [2.75, 3.05) is 19.8 Å². The Hall–Kier alpha value is -1.16. The van der Waals surface area contributed by atoms with Gasteiger partial charge in [-0.05, 0) is 13.3 Å². The van der Waals surface area contributed by atoms with Gasteiger partial charge in [0.15, 0.2) is 0 Å². The molecule has 1 N–H and O–H groups in total. The van der Waals surface area contributed by atoms with E-state index in [4.69, 9.17) is 4.74 Å². The first-order chi connectivity index (χ1) is 7.16. The van der Waals surface area contributed by atoms with Crippen LogP contribution in [0.4, 0.5) is 0 Å². The number of carbonyl (C=O) groups excluding carboxylic acids is 2. The van der Waals surface area contributed by atoms with Crippen LogP contribution >= 0.6 is 0 Å². The number of nitrogens with one attached hydrogen (secondary N) is 1. The summed E-state index contributed by atoms with van der Waals surface area (Å²) in [5.74, 6) is 0.00684. The molecule has 4 nitrogen and oxygen atoms in total. The highest BCUT2D eigenvalue weighted by Gasteiger charge is 2.00. The van der Waals surface area contributed by atoms with E-state index in [2.05, 4.69) is 11.9 Å². The number of carbonyl (C=O) groups is 2. The molecule has 0 saturated heterocycles. The van der Waals surface area contributed by atoms with Gasteiger partial charge in [0.05, 0.1) is 13.2 Å². The molecule has 0 aromatic carbocycles. The second kappa shape index (κ2) is 9.40. The van der Waals surface area contributed by atoms with E-state index < -0.39 is 0 Å². The van der Waals surface area contributed by atoms with Gasteiger partial charge in [-0.2, -0.15) is 0 Å². The first-order valence-corrected chi connectivity index (χ1v) is 5.11. The van der Waals surface area contributed by atoms with Crippen molar-refractivity contribution >= 4 is 11.7 Å². The lowest BCUT2D eigenvalue weighted by molar-refractivity contribution is -0.122. The molecule has 0 aliphatic heterocycles. The molecule has 0 fully saturated rings. The van der Waals surface area contributed by atoms with Crippen LogP contribution < -0.4 is 5.32 Å². The van der Waals surface area contributed by atoms with Gasteiger partial charge >= 0.3 is 0 Å². The number of hydrogen-bond acceptors (Lipinski definition) is 3. The summed E-state index contributed by atoms with van der Waals surface area (Å²) in [5.41, 5.74) is 0. The fraction of sp³-hybridized carbons (Fsp3) is 0.636. The van der Waals surface area contributed by atoms with Crippen molar-refractivity contribution in [1.29, 1.82) is 0 Å². The molecule has 0 bridgehead atoms. The van der Waals surface area contributed by atoms with Gasteiger partial charge in [-0.1, -0.05) is 6.08 Å². The van der Waals surface area contributed by atoms with Crippen LogP contribution in [0.25, 0.3) is 0 Å². The molecule has 0 radical (unpaired) electrons. The summed E-state index contributed by atoms with van der Waals surface area (Å²) >= 11 is 0. The Labute approximate surface area is 90.7 Å². The maximum absolute atomic E-state index is 11.1. The molecular weight excluding hydrogens is 194 g/mol. The SMILES string of the molecule is C=CCCOCCC(=O)NCCC(C)=O. The van der Waals surface area contributed by atoms with Crippen molar-refractivity contribution in [3.63, 3.8) is 0 Å². The molecule has 0 aliphatic carbocycles. The standard InChI is InChI=1S/C11H19NO3/c1-3-4-8-15-9-6-11(14)12-7-5-10(2)13/h3H,1,4-9H2,2H3,(H,12,14). The van der Waals surface area contributed by atoms with Crippen molar-refractivity contribution in [3.8, 4) is 0 Å². The normalized spacial score (nSPS) is 9.67. The molecule has 0 heterocycles. The molecule has 0 aromatic heterocycles. The minimum Gasteiger partial charge on any atom is -0.381 e. The third-order valence-electron chi connectivity index (χ3n) is 1.74. The van der Waals surface area contributed by atoms with Crippen molar-refractivity contribution in [3.05, 3.63) is 12.7 Å². The van der Waals surface area contributed by atoms with Gasteiger partial charge in [0.2, 0.25) is 5.91 Å². The lowest BCUT2D eigenvalue weighted by atomic mass is 10.3. The Kier molecular flexibility index (Phi) is 8.67. The van der Waals surface area contributed by atoms with Gasteiger partial charge in [-0.15, -0.1) is 6.58 Å². The Morgan fingerprint density at radius 2 is 2.07 bits per heavy atom. The van der Waals surface area contributed by atoms with E-state index in [1.54, 1.807) is 6.08 Å². The van der Waals surface area contributed by atoms with Crippen molar-refractivity contribution < 1.29 is 14.3 Å². The molecule has 0 aliphatic rings. The Balaban J connectivity index is 3.25. The smallest absolute Gasteiger partial charge is 0.222 e. The first kappa shape index (κ1) is 13.8. The van der Waals surface area contributed by atoms with E-state index in [1.807, 2.05) is 0 Å². The van der Waals surface area contributed by atoms with Crippen LogP contribution in [-0.2, 0) is 14.3 Å². The summed E-state index contributed by atoms with van der Waals surface area (Å²) in [4.78, 5) is 21.7. The van der Waals surface area contributed by atoms with Crippen LogP contribution in [0, 0.1) is 0 Å². The van der Waals surface area contributed by atoms with Gasteiger partial charge in [-0.25, -0.2) is 0 Å². The van der Waals surface area contributed by atoms with Crippen molar-refractivity contribution in [2.24, 2.45) is 0 Å². The molecule has 0 aromatic rings. The minimum absolute atomic E-state index is 0.0742. The average molecular weight is 213 g/mol. The zero-order valence-electron chi connectivity index (χ0n) is 9.25. The molecule has 0 saturated carbocycles. The monoisotopic (exact) mass is 213 g/mol. The van der Waals surface area contributed by atoms with E-state index in [1.165, 1.54) is 6.92 Å². The summed E-state index contributed by atoms with van der Waals surface area (Å²) in [6, 6.07) is 0. The van der Waals surface area contributed by atoms with Crippen molar-refractivity contribution in [1.82, 2.24) is 5.32 Å². The van der Waals surface area contributed by atoms with Crippen LogP contribution in [0.2, 0.25) is 0 Å². The number of hydrogen-bond donors (Lipinski definition) is 1. The molecule has 0 atom stereocenters. The lowest BCUT2D eigenvalue weighted by Gasteiger charge is -2.04. The average Bonchev–Trinajstić information content (AvgIpc) is 2.17. The molecule has 15 heavy (non-hydrogen) atoms. The van der Waals surface area contributed by atoms with E-state index >= 15 is 0 Å². The van der Waals surface area contributed by atoms with Crippen LogP contribution in [0.5, 0.6) is 0 Å². The zero-order chi connectivity index (χ0) is 11.5. The maximum Gasteiger partial charge on any atom is 0.222 e. The summed E-state index contributed by atoms with van der Waals surface area (Å²) in [7, 11) is 0. The van der Waals surface area contributed by atoms with E-state index in [9.17, 15) is 9.59 Å². The van der Waals surface area contributed by atoms with Gasteiger partial charge in [0.25, 0.3) is 0 Å². The quantitative estimate of drug-likeness (QED) is 0.460. The predicted molar refractivity (Wildman–Crippen MR) is 58.6 cm³/mol.